The van der Waals surface area contributed by atoms with Crippen LogP contribution < -0.4 is 0 Å². The largest absolute Gasteiger partial charge is 0.447 e. The molecule has 5 nitrogen and oxygen atoms in total. The number of nitrogens with zero attached hydrogens (tertiary/aromatic N) is 1. The Balaban J connectivity index is 2.02. The summed E-state index contributed by atoms with van der Waals surface area (Å²) >= 11 is 1.56. The summed E-state index contributed by atoms with van der Waals surface area (Å²) in [4.78, 5) is 40.3. The molecule has 26 heavy (non-hydrogen) atoms. The number of thiophene rings is 1. The quantitative estimate of drug-likeness (QED) is 0.548. The van der Waals surface area contributed by atoms with E-state index in [0.29, 0.717) is 11.1 Å². The van der Waals surface area contributed by atoms with Crippen molar-refractivity contribution in [3.05, 3.63) is 57.3 Å². The van der Waals surface area contributed by atoms with Crippen molar-refractivity contribution in [3.8, 4) is 0 Å². The fourth-order valence-corrected chi connectivity index (χ4v) is 3.51. The maximum Gasteiger partial charge on any atom is 0.307 e. The zero-order valence-electron chi connectivity index (χ0n) is 15.4. The first-order valence-corrected chi connectivity index (χ1v) is 9.17. The third-order valence-corrected chi connectivity index (χ3v) is 4.88. The summed E-state index contributed by atoms with van der Waals surface area (Å²) in [5, 5.41) is 0. The second-order valence-electron chi connectivity index (χ2n) is 6.26. The van der Waals surface area contributed by atoms with Crippen LogP contribution >= 0.6 is 11.3 Å². The van der Waals surface area contributed by atoms with Crippen LogP contribution in [0.4, 0.5) is 0 Å². The maximum atomic E-state index is 12.4. The standard InChI is InChI=1S/C20H23NO4S/c1-13-12-16(14(2)26-13)17(22)10-11-18(23)25-19(20(24)21(3)4)15-8-6-5-7-9-15/h5-9,12,19H,10-11H2,1-4H3. The number of Topliss-reactive ketones (excluding diaryl/α,β-unsaturated/α-hetero) is 1. The minimum absolute atomic E-state index is 0.0583. The van der Waals surface area contributed by atoms with Gasteiger partial charge in [0.1, 0.15) is 0 Å². The Labute approximate surface area is 157 Å². The predicted octanol–water partition coefficient (Wildman–Crippen LogP) is 3.70. The van der Waals surface area contributed by atoms with Crippen molar-refractivity contribution in [1.82, 2.24) is 4.90 Å². The number of rotatable bonds is 7. The average Bonchev–Trinajstić information content (AvgIpc) is 2.96. The summed E-state index contributed by atoms with van der Waals surface area (Å²) in [6.45, 7) is 3.84. The molecule has 0 bridgehead atoms. The van der Waals surface area contributed by atoms with Gasteiger partial charge in [0.15, 0.2) is 5.78 Å². The number of hydrogen-bond donors (Lipinski definition) is 0. The lowest BCUT2D eigenvalue weighted by Gasteiger charge is -2.21. The lowest BCUT2D eigenvalue weighted by Crippen LogP contribution is -2.31. The van der Waals surface area contributed by atoms with Crippen LogP contribution in [0.1, 0.15) is 44.6 Å². The minimum Gasteiger partial charge on any atom is -0.447 e. The molecule has 1 amide bonds. The molecule has 0 fully saturated rings. The summed E-state index contributed by atoms with van der Waals surface area (Å²) in [6.07, 6.45) is -0.996. The first kappa shape index (κ1) is 19.8. The van der Waals surface area contributed by atoms with Gasteiger partial charge >= 0.3 is 5.97 Å². The third-order valence-electron chi connectivity index (χ3n) is 3.91. The monoisotopic (exact) mass is 373 g/mol. The van der Waals surface area contributed by atoms with Gasteiger partial charge in [0.2, 0.25) is 6.10 Å². The Morgan fingerprint density at radius 3 is 2.27 bits per heavy atom. The maximum absolute atomic E-state index is 12.4. The van der Waals surface area contributed by atoms with Gasteiger partial charge in [-0.3, -0.25) is 14.4 Å². The lowest BCUT2D eigenvalue weighted by molar-refractivity contribution is -0.159. The van der Waals surface area contributed by atoms with E-state index in [1.807, 2.05) is 26.0 Å². The molecule has 1 aromatic carbocycles. The van der Waals surface area contributed by atoms with Gasteiger partial charge in [0.25, 0.3) is 5.91 Å². The van der Waals surface area contributed by atoms with E-state index in [-0.39, 0.29) is 24.5 Å². The Hall–Kier alpha value is -2.47. The molecule has 0 aliphatic heterocycles. The Bertz CT molecular complexity index is 795. The van der Waals surface area contributed by atoms with Crippen molar-refractivity contribution >= 4 is 29.0 Å². The summed E-state index contributed by atoms with van der Waals surface area (Å²) in [5.74, 6) is -0.966. The van der Waals surface area contributed by atoms with E-state index in [4.69, 9.17) is 4.74 Å². The molecule has 0 spiro atoms. The summed E-state index contributed by atoms with van der Waals surface area (Å²) in [5.41, 5.74) is 1.26. The van der Waals surface area contributed by atoms with Gasteiger partial charge in [-0.25, -0.2) is 0 Å². The van der Waals surface area contributed by atoms with Crippen LogP contribution in [-0.2, 0) is 14.3 Å². The molecule has 1 atom stereocenters. The van der Waals surface area contributed by atoms with Gasteiger partial charge in [-0.05, 0) is 19.9 Å². The second-order valence-corrected chi connectivity index (χ2v) is 7.72. The Morgan fingerprint density at radius 1 is 1.08 bits per heavy atom. The molecule has 6 heteroatoms. The molecule has 138 valence electrons. The van der Waals surface area contributed by atoms with Crippen molar-refractivity contribution < 1.29 is 19.1 Å². The number of benzene rings is 1. The number of carbonyl (C=O) groups excluding carboxylic acids is 3. The lowest BCUT2D eigenvalue weighted by atomic mass is 10.1. The molecular formula is C20H23NO4S. The molecular weight excluding hydrogens is 350 g/mol. The number of carbonyl (C=O) groups is 3. The zero-order chi connectivity index (χ0) is 19.3. The highest BCUT2D eigenvalue weighted by Crippen LogP contribution is 2.23. The molecule has 0 aliphatic rings. The van der Waals surface area contributed by atoms with Crippen LogP contribution in [-0.4, -0.2) is 36.7 Å². The number of esters is 1. The molecule has 0 saturated carbocycles. The van der Waals surface area contributed by atoms with Crippen LogP contribution in [0.5, 0.6) is 0 Å². The van der Waals surface area contributed by atoms with Gasteiger partial charge < -0.3 is 9.64 Å². The van der Waals surface area contributed by atoms with Crippen molar-refractivity contribution in [2.75, 3.05) is 14.1 Å². The molecule has 0 N–H and O–H groups in total. The topological polar surface area (TPSA) is 63.7 Å². The van der Waals surface area contributed by atoms with Crippen LogP contribution in [0.15, 0.2) is 36.4 Å². The molecule has 1 unspecified atom stereocenters. The van der Waals surface area contributed by atoms with Crippen LogP contribution in [0.3, 0.4) is 0 Å². The number of likely N-dealkylation sites (N-methyl/N-ethyl adjacent to an activating group) is 1. The van der Waals surface area contributed by atoms with Crippen molar-refractivity contribution in [2.24, 2.45) is 0 Å². The Morgan fingerprint density at radius 2 is 1.73 bits per heavy atom. The van der Waals surface area contributed by atoms with Gasteiger partial charge in [-0.15, -0.1) is 11.3 Å². The van der Waals surface area contributed by atoms with E-state index < -0.39 is 12.1 Å². The first-order chi connectivity index (χ1) is 12.3. The van der Waals surface area contributed by atoms with Crippen molar-refractivity contribution in [3.63, 3.8) is 0 Å². The van der Waals surface area contributed by atoms with E-state index in [1.54, 1.807) is 49.7 Å². The highest BCUT2D eigenvalue weighted by atomic mass is 32.1. The summed E-state index contributed by atoms with van der Waals surface area (Å²) in [7, 11) is 3.22. The van der Waals surface area contributed by atoms with Gasteiger partial charge in [0.05, 0.1) is 6.42 Å². The molecule has 2 rings (SSSR count). The molecule has 1 aromatic heterocycles. The minimum atomic E-state index is -1.00. The molecule has 0 aliphatic carbocycles. The normalized spacial score (nSPS) is 11.7. The molecule has 1 heterocycles. The van der Waals surface area contributed by atoms with Gasteiger partial charge in [-0.1, -0.05) is 30.3 Å². The number of ketones is 1. The van der Waals surface area contributed by atoms with E-state index in [0.717, 1.165) is 9.75 Å². The van der Waals surface area contributed by atoms with Crippen LogP contribution in [0, 0.1) is 13.8 Å². The molecule has 0 saturated heterocycles. The van der Waals surface area contributed by atoms with Gasteiger partial charge in [0, 0.05) is 41.4 Å². The Kier molecular flexibility index (Phi) is 6.69. The summed E-state index contributed by atoms with van der Waals surface area (Å²) < 4.78 is 5.40. The molecule has 0 radical (unpaired) electrons. The second kappa shape index (κ2) is 8.76. The van der Waals surface area contributed by atoms with E-state index in [2.05, 4.69) is 0 Å². The van der Waals surface area contributed by atoms with E-state index in [9.17, 15) is 14.4 Å². The number of ether oxygens (including phenoxy) is 1. The average molecular weight is 373 g/mol. The van der Waals surface area contributed by atoms with Gasteiger partial charge in [-0.2, -0.15) is 0 Å². The first-order valence-electron chi connectivity index (χ1n) is 8.35. The highest BCUT2D eigenvalue weighted by Gasteiger charge is 2.26. The van der Waals surface area contributed by atoms with E-state index >= 15 is 0 Å². The number of amides is 1. The zero-order valence-corrected chi connectivity index (χ0v) is 16.3. The fourth-order valence-electron chi connectivity index (χ4n) is 2.57. The predicted molar refractivity (Wildman–Crippen MR) is 101 cm³/mol. The van der Waals surface area contributed by atoms with E-state index in [1.165, 1.54) is 4.90 Å². The number of hydrogen-bond acceptors (Lipinski definition) is 5. The van der Waals surface area contributed by atoms with Crippen molar-refractivity contribution in [2.45, 2.75) is 32.8 Å². The third kappa shape index (κ3) is 5.02. The SMILES string of the molecule is Cc1cc(C(=O)CCC(=O)OC(C(=O)N(C)C)c2ccccc2)c(C)s1. The number of aryl methyl sites for hydroxylation is 2. The highest BCUT2D eigenvalue weighted by molar-refractivity contribution is 7.12. The smallest absolute Gasteiger partial charge is 0.307 e. The fraction of sp³-hybridized carbons (Fsp3) is 0.350. The van der Waals surface area contributed by atoms with Crippen LogP contribution in [0.2, 0.25) is 0 Å². The molecule has 2 aromatic rings. The van der Waals surface area contributed by atoms with Crippen LogP contribution in [0.25, 0.3) is 0 Å². The van der Waals surface area contributed by atoms with Crippen molar-refractivity contribution in [1.29, 1.82) is 0 Å². The summed E-state index contributed by atoms with van der Waals surface area (Å²) in [6, 6.07) is 10.7.